The van der Waals surface area contributed by atoms with E-state index in [9.17, 15) is 0 Å². The van der Waals surface area contributed by atoms with Gasteiger partial charge in [-0.25, -0.2) is 4.98 Å². The van der Waals surface area contributed by atoms with Crippen LogP contribution in [-0.4, -0.2) is 16.5 Å². The largest absolute Gasteiger partial charge is 0.384 e. The molecule has 0 atom stereocenters. The predicted molar refractivity (Wildman–Crippen MR) is 80.2 cm³/mol. The van der Waals surface area contributed by atoms with Crippen molar-refractivity contribution in [2.24, 2.45) is 29.6 Å². The third-order valence-corrected chi connectivity index (χ3v) is 5.79. The van der Waals surface area contributed by atoms with Gasteiger partial charge < -0.3 is 11.1 Å². The fourth-order valence-electron chi connectivity index (χ4n) is 5.25. The van der Waals surface area contributed by atoms with Gasteiger partial charge in [0, 0.05) is 18.3 Å². The topological polar surface area (TPSA) is 63.8 Å². The Balaban J connectivity index is 1.44. The van der Waals surface area contributed by atoms with E-state index in [1.165, 1.54) is 32.1 Å². The lowest BCUT2D eigenvalue weighted by Crippen LogP contribution is -2.47. The molecule has 3 N–H and O–H groups in total. The van der Waals surface area contributed by atoms with Crippen LogP contribution in [0.5, 0.6) is 0 Å². The Hall–Kier alpha value is -1.32. The summed E-state index contributed by atoms with van der Waals surface area (Å²) in [5.74, 6) is 6.07. The molecule has 4 bridgehead atoms. The van der Waals surface area contributed by atoms with E-state index in [0.29, 0.717) is 11.8 Å². The van der Waals surface area contributed by atoms with E-state index in [-0.39, 0.29) is 0 Å². The van der Waals surface area contributed by atoms with E-state index in [1.807, 2.05) is 13.0 Å². The molecule has 0 unspecified atom stereocenters. The smallest absolute Gasteiger partial charge is 0.224 e. The number of rotatable bonds is 3. The van der Waals surface area contributed by atoms with E-state index in [4.69, 9.17) is 5.73 Å². The second kappa shape index (κ2) is 4.61. The molecule has 0 spiro atoms. The first-order chi connectivity index (χ1) is 9.67. The Bertz CT molecular complexity index is 465. The van der Waals surface area contributed by atoms with Gasteiger partial charge >= 0.3 is 0 Å². The van der Waals surface area contributed by atoms with Gasteiger partial charge in [-0.05, 0) is 68.6 Å². The zero-order valence-corrected chi connectivity index (χ0v) is 12.2. The summed E-state index contributed by atoms with van der Waals surface area (Å²) in [7, 11) is 0. The molecule has 0 aromatic carbocycles. The molecule has 0 amide bonds. The summed E-state index contributed by atoms with van der Waals surface area (Å²) in [4.78, 5) is 8.73. The molecule has 4 saturated carbocycles. The molecule has 108 valence electrons. The number of nitrogen functional groups attached to an aromatic ring is 1. The third kappa shape index (κ3) is 2.15. The third-order valence-electron chi connectivity index (χ3n) is 5.79. The number of aryl methyl sites for hydroxylation is 1. The van der Waals surface area contributed by atoms with Gasteiger partial charge in [0.05, 0.1) is 0 Å². The number of nitrogens with one attached hydrogen (secondary N) is 1. The normalized spacial score (nSPS) is 38.1. The van der Waals surface area contributed by atoms with Crippen molar-refractivity contribution in [3.05, 3.63) is 11.8 Å². The van der Waals surface area contributed by atoms with Crippen LogP contribution in [0.2, 0.25) is 0 Å². The number of nitrogens with zero attached hydrogens (tertiary/aromatic N) is 2. The molecular formula is C16H24N4. The lowest BCUT2D eigenvalue weighted by Gasteiger charge is -2.54. The monoisotopic (exact) mass is 272 g/mol. The van der Waals surface area contributed by atoms with Gasteiger partial charge in [-0.3, -0.25) is 0 Å². The van der Waals surface area contributed by atoms with Crippen LogP contribution in [0.15, 0.2) is 6.07 Å². The van der Waals surface area contributed by atoms with E-state index < -0.39 is 0 Å². The van der Waals surface area contributed by atoms with Gasteiger partial charge in [0.1, 0.15) is 5.82 Å². The maximum atomic E-state index is 5.79. The van der Waals surface area contributed by atoms with Crippen molar-refractivity contribution < 1.29 is 0 Å². The molecule has 4 aliphatic rings. The van der Waals surface area contributed by atoms with Crippen LogP contribution in [0.3, 0.4) is 0 Å². The van der Waals surface area contributed by atoms with E-state index in [2.05, 4.69) is 15.3 Å². The molecule has 1 heterocycles. The van der Waals surface area contributed by atoms with Crippen molar-refractivity contribution >= 4 is 11.8 Å². The SMILES string of the molecule is Cc1cc(N)nc(NCC2C3CC4CC(C3)CC2C4)n1. The van der Waals surface area contributed by atoms with Gasteiger partial charge in [-0.1, -0.05) is 0 Å². The van der Waals surface area contributed by atoms with Crippen LogP contribution < -0.4 is 11.1 Å². The minimum absolute atomic E-state index is 0.560. The Morgan fingerprint density at radius 3 is 2.35 bits per heavy atom. The highest BCUT2D eigenvalue weighted by molar-refractivity contribution is 5.38. The van der Waals surface area contributed by atoms with Crippen LogP contribution in [0.25, 0.3) is 0 Å². The maximum absolute atomic E-state index is 5.79. The van der Waals surface area contributed by atoms with Crippen LogP contribution in [-0.2, 0) is 0 Å². The van der Waals surface area contributed by atoms with Crippen LogP contribution in [0.4, 0.5) is 11.8 Å². The second-order valence-corrected chi connectivity index (χ2v) is 7.23. The van der Waals surface area contributed by atoms with Gasteiger partial charge in [-0.15, -0.1) is 0 Å². The summed E-state index contributed by atoms with van der Waals surface area (Å²) in [5.41, 5.74) is 6.73. The van der Waals surface area contributed by atoms with Crippen molar-refractivity contribution in [1.82, 2.24) is 9.97 Å². The summed E-state index contributed by atoms with van der Waals surface area (Å²) < 4.78 is 0. The van der Waals surface area contributed by atoms with Gasteiger partial charge in [0.25, 0.3) is 0 Å². The Morgan fingerprint density at radius 2 is 1.75 bits per heavy atom. The summed E-state index contributed by atoms with van der Waals surface area (Å²) in [6.07, 6.45) is 7.39. The molecule has 0 radical (unpaired) electrons. The molecule has 1 aromatic heterocycles. The zero-order chi connectivity index (χ0) is 13.7. The molecule has 20 heavy (non-hydrogen) atoms. The van der Waals surface area contributed by atoms with Crippen molar-refractivity contribution in [3.63, 3.8) is 0 Å². The first kappa shape index (κ1) is 12.4. The Kier molecular flexibility index (Phi) is 2.86. The predicted octanol–water partition coefficient (Wildman–Crippen LogP) is 2.85. The zero-order valence-electron chi connectivity index (χ0n) is 12.2. The van der Waals surface area contributed by atoms with E-state index in [1.54, 1.807) is 0 Å². The molecule has 4 nitrogen and oxygen atoms in total. The fraction of sp³-hybridized carbons (Fsp3) is 0.750. The fourth-order valence-corrected chi connectivity index (χ4v) is 5.25. The Morgan fingerprint density at radius 1 is 1.10 bits per heavy atom. The van der Waals surface area contributed by atoms with Crippen molar-refractivity contribution in [3.8, 4) is 0 Å². The minimum Gasteiger partial charge on any atom is -0.384 e. The lowest BCUT2D eigenvalue weighted by atomic mass is 9.52. The maximum Gasteiger partial charge on any atom is 0.224 e. The number of aromatic nitrogens is 2. The molecule has 0 aliphatic heterocycles. The quantitative estimate of drug-likeness (QED) is 0.888. The Labute approximate surface area is 120 Å². The highest BCUT2D eigenvalue weighted by atomic mass is 15.1. The van der Waals surface area contributed by atoms with Crippen molar-refractivity contribution in [2.45, 2.75) is 39.0 Å². The first-order valence-corrected chi connectivity index (χ1v) is 8.02. The average molecular weight is 272 g/mol. The number of nitrogens with two attached hydrogens (primary N) is 1. The lowest BCUT2D eigenvalue weighted by molar-refractivity contribution is -0.0306. The molecule has 1 aromatic rings. The summed E-state index contributed by atoms with van der Waals surface area (Å²) >= 11 is 0. The standard InChI is InChI=1S/C16H24N4/c1-9-2-15(17)20-16(19-9)18-8-14-12-4-10-3-11(6-12)7-13(14)5-10/h2,10-14H,3-8H2,1H3,(H3,17,18,19,20). The van der Waals surface area contributed by atoms with Gasteiger partial charge in [0.15, 0.2) is 0 Å². The van der Waals surface area contributed by atoms with Crippen molar-refractivity contribution in [2.75, 3.05) is 17.6 Å². The van der Waals surface area contributed by atoms with Crippen LogP contribution >= 0.6 is 0 Å². The van der Waals surface area contributed by atoms with Crippen LogP contribution in [0.1, 0.15) is 37.8 Å². The molecule has 0 saturated heterocycles. The number of anilines is 2. The molecule has 4 heteroatoms. The molecule has 5 rings (SSSR count). The van der Waals surface area contributed by atoms with Gasteiger partial charge in [-0.2, -0.15) is 4.98 Å². The highest BCUT2D eigenvalue weighted by Crippen LogP contribution is 2.56. The van der Waals surface area contributed by atoms with E-state index >= 15 is 0 Å². The van der Waals surface area contributed by atoms with Gasteiger partial charge in [0.2, 0.25) is 5.95 Å². The minimum atomic E-state index is 0.560. The molecular weight excluding hydrogens is 248 g/mol. The number of hydrogen-bond donors (Lipinski definition) is 2. The molecule has 4 aliphatic carbocycles. The van der Waals surface area contributed by atoms with Crippen molar-refractivity contribution in [1.29, 1.82) is 0 Å². The van der Waals surface area contributed by atoms with Crippen LogP contribution in [0, 0.1) is 36.5 Å². The highest BCUT2D eigenvalue weighted by Gasteiger charge is 2.47. The second-order valence-electron chi connectivity index (χ2n) is 7.23. The summed E-state index contributed by atoms with van der Waals surface area (Å²) in [5, 5.41) is 3.45. The summed E-state index contributed by atoms with van der Waals surface area (Å²) in [6, 6.07) is 1.81. The average Bonchev–Trinajstić information content (AvgIpc) is 2.35. The molecule has 4 fully saturated rings. The number of hydrogen-bond acceptors (Lipinski definition) is 4. The van der Waals surface area contributed by atoms with E-state index in [0.717, 1.165) is 41.8 Å². The summed E-state index contributed by atoms with van der Waals surface area (Å²) in [6.45, 7) is 2.99. The first-order valence-electron chi connectivity index (χ1n) is 8.02.